The number of aryl methyl sites for hydroxylation is 2. The van der Waals surface area contributed by atoms with Crippen molar-refractivity contribution >= 4 is 11.9 Å². The van der Waals surface area contributed by atoms with Gasteiger partial charge >= 0.3 is 6.03 Å². The Morgan fingerprint density at radius 1 is 0.960 bits per heavy atom. The highest BCUT2D eigenvalue weighted by Gasteiger charge is 2.12. The SMILES string of the molecule is Cc1ccc(CNC(=O)NCC(=O)N[C@@H](C)c2ccccc2C)cc1. The second kappa shape index (κ2) is 8.87. The summed E-state index contributed by atoms with van der Waals surface area (Å²) in [6, 6.07) is 15.4. The maximum Gasteiger partial charge on any atom is 0.315 e. The van der Waals surface area contributed by atoms with Crippen molar-refractivity contribution in [2.24, 2.45) is 0 Å². The van der Waals surface area contributed by atoms with Gasteiger partial charge in [0, 0.05) is 6.54 Å². The predicted octanol–water partition coefficient (Wildman–Crippen LogP) is 2.98. The fourth-order valence-corrected chi connectivity index (χ4v) is 2.55. The molecule has 0 aliphatic rings. The molecule has 0 bridgehead atoms. The van der Waals surface area contributed by atoms with Crippen molar-refractivity contribution in [1.82, 2.24) is 16.0 Å². The van der Waals surface area contributed by atoms with Crippen molar-refractivity contribution in [2.75, 3.05) is 6.54 Å². The van der Waals surface area contributed by atoms with E-state index in [2.05, 4.69) is 16.0 Å². The second-order valence-corrected chi connectivity index (χ2v) is 6.17. The molecule has 0 heterocycles. The van der Waals surface area contributed by atoms with Gasteiger partial charge in [-0.15, -0.1) is 0 Å². The van der Waals surface area contributed by atoms with Crippen LogP contribution in [-0.4, -0.2) is 18.5 Å². The van der Waals surface area contributed by atoms with Crippen molar-refractivity contribution in [1.29, 1.82) is 0 Å². The van der Waals surface area contributed by atoms with Crippen LogP contribution < -0.4 is 16.0 Å². The van der Waals surface area contributed by atoms with E-state index in [-0.39, 0.29) is 24.5 Å². The fourth-order valence-electron chi connectivity index (χ4n) is 2.55. The van der Waals surface area contributed by atoms with Gasteiger partial charge in [-0.3, -0.25) is 4.79 Å². The first-order valence-corrected chi connectivity index (χ1v) is 8.38. The van der Waals surface area contributed by atoms with Crippen molar-refractivity contribution in [3.8, 4) is 0 Å². The van der Waals surface area contributed by atoms with Crippen molar-refractivity contribution in [2.45, 2.75) is 33.4 Å². The number of carbonyl (C=O) groups excluding carboxylic acids is 2. The normalized spacial score (nSPS) is 11.5. The molecular formula is C20H25N3O2. The fraction of sp³-hybridized carbons (Fsp3) is 0.300. The summed E-state index contributed by atoms with van der Waals surface area (Å²) in [7, 11) is 0. The Labute approximate surface area is 148 Å². The number of carbonyl (C=O) groups is 2. The highest BCUT2D eigenvalue weighted by Crippen LogP contribution is 2.16. The lowest BCUT2D eigenvalue weighted by molar-refractivity contribution is -0.120. The highest BCUT2D eigenvalue weighted by atomic mass is 16.2. The van der Waals surface area contributed by atoms with Crippen LogP contribution in [0.1, 0.15) is 35.2 Å². The molecule has 3 amide bonds. The molecular weight excluding hydrogens is 314 g/mol. The minimum Gasteiger partial charge on any atom is -0.348 e. The largest absolute Gasteiger partial charge is 0.348 e. The molecule has 0 fully saturated rings. The van der Waals surface area contributed by atoms with Gasteiger partial charge in [0.15, 0.2) is 0 Å². The molecule has 3 N–H and O–H groups in total. The number of nitrogens with one attached hydrogen (secondary N) is 3. The standard InChI is InChI=1S/C20H25N3O2/c1-14-8-10-17(11-9-14)12-21-20(25)22-13-19(24)23-16(3)18-7-5-4-6-15(18)2/h4-11,16H,12-13H2,1-3H3,(H,23,24)(H2,21,22,25)/t16-/m0/s1. The highest BCUT2D eigenvalue weighted by molar-refractivity contribution is 5.84. The molecule has 25 heavy (non-hydrogen) atoms. The third-order valence-corrected chi connectivity index (χ3v) is 4.02. The molecule has 132 valence electrons. The maximum atomic E-state index is 12.0. The zero-order valence-electron chi connectivity index (χ0n) is 14.9. The average molecular weight is 339 g/mol. The van der Waals surface area contributed by atoms with Gasteiger partial charge in [-0.1, -0.05) is 54.1 Å². The van der Waals surface area contributed by atoms with Gasteiger partial charge in [0.2, 0.25) is 5.91 Å². The van der Waals surface area contributed by atoms with Gasteiger partial charge < -0.3 is 16.0 Å². The van der Waals surface area contributed by atoms with E-state index in [1.54, 1.807) is 0 Å². The van der Waals surface area contributed by atoms with E-state index in [1.165, 1.54) is 5.56 Å². The zero-order chi connectivity index (χ0) is 18.2. The number of hydrogen-bond donors (Lipinski definition) is 3. The molecule has 0 aromatic heterocycles. The summed E-state index contributed by atoms with van der Waals surface area (Å²) in [5.74, 6) is -0.221. The van der Waals surface area contributed by atoms with Crippen LogP contribution in [0.4, 0.5) is 4.79 Å². The van der Waals surface area contributed by atoms with Crippen molar-refractivity contribution in [3.05, 3.63) is 70.8 Å². The molecule has 0 spiro atoms. The summed E-state index contributed by atoms with van der Waals surface area (Å²) in [6.45, 7) is 6.32. The van der Waals surface area contributed by atoms with E-state index in [1.807, 2.05) is 69.3 Å². The first-order valence-electron chi connectivity index (χ1n) is 8.38. The molecule has 5 nitrogen and oxygen atoms in total. The van der Waals surface area contributed by atoms with Crippen LogP contribution in [0.25, 0.3) is 0 Å². The summed E-state index contributed by atoms with van der Waals surface area (Å²) in [5, 5.41) is 8.20. The van der Waals surface area contributed by atoms with Gasteiger partial charge in [0.1, 0.15) is 0 Å². The third kappa shape index (κ3) is 5.95. The lowest BCUT2D eigenvalue weighted by Gasteiger charge is -2.17. The smallest absolute Gasteiger partial charge is 0.315 e. The van der Waals surface area contributed by atoms with E-state index in [9.17, 15) is 9.59 Å². The minimum absolute atomic E-state index is 0.0596. The van der Waals surface area contributed by atoms with E-state index >= 15 is 0 Å². The van der Waals surface area contributed by atoms with E-state index < -0.39 is 0 Å². The number of hydrogen-bond acceptors (Lipinski definition) is 2. The molecule has 0 saturated carbocycles. The predicted molar refractivity (Wildman–Crippen MR) is 99.2 cm³/mol. The van der Waals surface area contributed by atoms with Crippen molar-refractivity contribution in [3.63, 3.8) is 0 Å². The summed E-state index contributed by atoms with van der Waals surface area (Å²) < 4.78 is 0. The molecule has 1 atom stereocenters. The monoisotopic (exact) mass is 339 g/mol. The minimum atomic E-state index is -0.362. The zero-order valence-corrected chi connectivity index (χ0v) is 14.9. The first-order chi connectivity index (χ1) is 12.0. The number of rotatable bonds is 6. The molecule has 2 aromatic rings. The Kier molecular flexibility index (Phi) is 6.57. The average Bonchev–Trinajstić information content (AvgIpc) is 2.59. The third-order valence-electron chi connectivity index (χ3n) is 4.02. The van der Waals surface area contributed by atoms with Crippen LogP contribution in [0.3, 0.4) is 0 Å². The van der Waals surface area contributed by atoms with Gasteiger partial charge in [0.25, 0.3) is 0 Å². The van der Waals surface area contributed by atoms with E-state index in [4.69, 9.17) is 0 Å². The molecule has 0 aliphatic heterocycles. The summed E-state index contributed by atoms with van der Waals surface area (Å²) >= 11 is 0. The van der Waals surface area contributed by atoms with E-state index in [0.29, 0.717) is 6.54 Å². The Balaban J connectivity index is 1.73. The molecule has 0 saturated heterocycles. The molecule has 0 unspecified atom stereocenters. The van der Waals surface area contributed by atoms with Crippen LogP contribution >= 0.6 is 0 Å². The van der Waals surface area contributed by atoms with Gasteiger partial charge in [-0.2, -0.15) is 0 Å². The van der Waals surface area contributed by atoms with E-state index in [0.717, 1.165) is 16.7 Å². The summed E-state index contributed by atoms with van der Waals surface area (Å²) in [5.41, 5.74) is 4.38. The van der Waals surface area contributed by atoms with Gasteiger partial charge in [0.05, 0.1) is 12.6 Å². The van der Waals surface area contributed by atoms with Crippen LogP contribution in [-0.2, 0) is 11.3 Å². The molecule has 2 rings (SSSR count). The molecule has 2 aromatic carbocycles. The number of benzene rings is 2. The Hall–Kier alpha value is -2.82. The van der Waals surface area contributed by atoms with Gasteiger partial charge in [-0.25, -0.2) is 4.79 Å². The molecule has 5 heteroatoms. The summed E-state index contributed by atoms with van der Waals surface area (Å²) in [6.07, 6.45) is 0. The Morgan fingerprint density at radius 3 is 2.32 bits per heavy atom. The van der Waals surface area contributed by atoms with Crippen molar-refractivity contribution < 1.29 is 9.59 Å². The Bertz CT molecular complexity index is 726. The number of urea groups is 1. The first kappa shape index (κ1) is 18.5. The van der Waals surface area contributed by atoms with Crippen LogP contribution in [0.15, 0.2) is 48.5 Å². The second-order valence-electron chi connectivity index (χ2n) is 6.17. The lowest BCUT2D eigenvalue weighted by atomic mass is 10.0. The number of amides is 3. The lowest BCUT2D eigenvalue weighted by Crippen LogP contribution is -2.42. The molecule has 0 radical (unpaired) electrons. The van der Waals surface area contributed by atoms with Crippen LogP contribution in [0.2, 0.25) is 0 Å². The topological polar surface area (TPSA) is 70.2 Å². The van der Waals surface area contributed by atoms with Gasteiger partial charge in [-0.05, 0) is 37.5 Å². The van der Waals surface area contributed by atoms with Crippen LogP contribution in [0, 0.1) is 13.8 Å². The Morgan fingerprint density at radius 2 is 1.64 bits per heavy atom. The quantitative estimate of drug-likeness (QED) is 0.757. The van der Waals surface area contributed by atoms with Crippen LogP contribution in [0.5, 0.6) is 0 Å². The molecule has 0 aliphatic carbocycles. The maximum absolute atomic E-state index is 12.0. The summed E-state index contributed by atoms with van der Waals surface area (Å²) in [4.78, 5) is 23.8.